The first-order valence-electron chi connectivity index (χ1n) is 7.79. The van der Waals surface area contributed by atoms with Crippen LogP contribution >= 0.6 is 15.9 Å². The smallest absolute Gasteiger partial charge is 0.231 e. The Morgan fingerprint density at radius 2 is 1.92 bits per heavy atom. The molecule has 0 bridgehead atoms. The Morgan fingerprint density at radius 1 is 1.08 bits per heavy atom. The molecule has 1 aliphatic rings. The minimum absolute atomic E-state index is 0.297. The highest BCUT2D eigenvalue weighted by Gasteiger charge is 2.13. The molecule has 2 aromatic carbocycles. The second-order valence-corrected chi connectivity index (χ2v) is 6.17. The molecule has 128 valence electrons. The van der Waals surface area contributed by atoms with Gasteiger partial charge in [0.05, 0.1) is 13.7 Å². The fraction of sp³-hybridized carbons (Fsp3) is 0.333. The van der Waals surface area contributed by atoms with Crippen molar-refractivity contribution in [3.63, 3.8) is 0 Å². The van der Waals surface area contributed by atoms with E-state index in [4.69, 9.17) is 18.9 Å². The fourth-order valence-electron chi connectivity index (χ4n) is 2.53. The number of hydrogen-bond acceptors (Lipinski definition) is 5. The van der Waals surface area contributed by atoms with E-state index < -0.39 is 0 Å². The zero-order valence-corrected chi connectivity index (χ0v) is 15.3. The van der Waals surface area contributed by atoms with Crippen LogP contribution in [0.5, 0.6) is 23.0 Å². The molecule has 0 aliphatic carbocycles. The largest absolute Gasteiger partial charge is 0.493 e. The molecule has 24 heavy (non-hydrogen) atoms. The van der Waals surface area contributed by atoms with Crippen molar-refractivity contribution >= 4 is 15.9 Å². The summed E-state index contributed by atoms with van der Waals surface area (Å²) in [4.78, 5) is 0. The Balaban J connectivity index is 1.65. The molecule has 0 fully saturated rings. The number of benzene rings is 2. The van der Waals surface area contributed by atoms with Crippen LogP contribution in [0.25, 0.3) is 0 Å². The van der Waals surface area contributed by atoms with Crippen LogP contribution in [0.1, 0.15) is 18.1 Å². The van der Waals surface area contributed by atoms with E-state index in [0.29, 0.717) is 19.9 Å². The fourth-order valence-corrected chi connectivity index (χ4v) is 3.00. The minimum Gasteiger partial charge on any atom is -0.493 e. The number of nitrogens with one attached hydrogen (secondary N) is 1. The first kappa shape index (κ1) is 16.9. The lowest BCUT2D eigenvalue weighted by Crippen LogP contribution is -2.13. The topological polar surface area (TPSA) is 49.0 Å². The average molecular weight is 394 g/mol. The standard InChI is InChI=1S/C18H20BrNO4/c1-3-22-18-7-13(14(19)8-16(18)21-2)10-20-9-12-4-5-15-17(6-12)24-11-23-15/h4-8,20H,3,9-11H2,1-2H3. The Morgan fingerprint density at radius 3 is 2.71 bits per heavy atom. The highest BCUT2D eigenvalue weighted by molar-refractivity contribution is 9.10. The second kappa shape index (κ2) is 7.77. The summed E-state index contributed by atoms with van der Waals surface area (Å²) < 4.78 is 22.7. The molecular weight excluding hydrogens is 374 g/mol. The van der Waals surface area contributed by atoms with Gasteiger partial charge in [-0.2, -0.15) is 0 Å². The second-order valence-electron chi connectivity index (χ2n) is 5.32. The van der Waals surface area contributed by atoms with Gasteiger partial charge in [0.1, 0.15) is 0 Å². The molecule has 2 aromatic rings. The van der Waals surface area contributed by atoms with E-state index in [9.17, 15) is 0 Å². The molecule has 0 saturated heterocycles. The number of halogens is 1. The summed E-state index contributed by atoms with van der Waals surface area (Å²) >= 11 is 3.59. The number of hydrogen-bond donors (Lipinski definition) is 1. The lowest BCUT2D eigenvalue weighted by atomic mass is 10.1. The molecule has 0 amide bonds. The van der Waals surface area contributed by atoms with Gasteiger partial charge in [-0.15, -0.1) is 0 Å². The quantitative estimate of drug-likeness (QED) is 0.773. The third-order valence-electron chi connectivity index (χ3n) is 3.71. The molecule has 6 heteroatoms. The zero-order valence-electron chi connectivity index (χ0n) is 13.7. The van der Waals surface area contributed by atoms with E-state index in [0.717, 1.165) is 45.1 Å². The van der Waals surface area contributed by atoms with Gasteiger partial charge >= 0.3 is 0 Å². The highest BCUT2D eigenvalue weighted by atomic mass is 79.9. The molecule has 5 nitrogen and oxygen atoms in total. The van der Waals surface area contributed by atoms with E-state index in [2.05, 4.69) is 21.2 Å². The average Bonchev–Trinajstić information content (AvgIpc) is 3.05. The van der Waals surface area contributed by atoms with Crippen LogP contribution in [0.15, 0.2) is 34.8 Å². The van der Waals surface area contributed by atoms with Gasteiger partial charge in [0.2, 0.25) is 6.79 Å². The summed E-state index contributed by atoms with van der Waals surface area (Å²) in [5.74, 6) is 3.09. The van der Waals surface area contributed by atoms with Crippen molar-refractivity contribution in [2.24, 2.45) is 0 Å². The summed E-state index contributed by atoms with van der Waals surface area (Å²) in [7, 11) is 1.64. The molecule has 1 heterocycles. The molecule has 0 unspecified atom stereocenters. The summed E-state index contributed by atoms with van der Waals surface area (Å²) in [6.07, 6.45) is 0. The molecule has 1 N–H and O–H groups in total. The lowest BCUT2D eigenvalue weighted by Gasteiger charge is -2.14. The van der Waals surface area contributed by atoms with Crippen molar-refractivity contribution in [3.05, 3.63) is 45.9 Å². The molecule has 0 atom stereocenters. The molecular formula is C18H20BrNO4. The van der Waals surface area contributed by atoms with E-state index in [-0.39, 0.29) is 0 Å². The monoisotopic (exact) mass is 393 g/mol. The third kappa shape index (κ3) is 3.76. The van der Waals surface area contributed by atoms with Crippen LogP contribution in [0.4, 0.5) is 0 Å². The Labute approximate surface area is 150 Å². The van der Waals surface area contributed by atoms with Crippen molar-refractivity contribution < 1.29 is 18.9 Å². The van der Waals surface area contributed by atoms with Crippen molar-refractivity contribution in [2.75, 3.05) is 20.5 Å². The predicted octanol–water partition coefficient (Wildman–Crippen LogP) is 3.87. The molecule has 0 saturated carbocycles. The van der Waals surface area contributed by atoms with E-state index in [1.54, 1.807) is 7.11 Å². The molecule has 0 spiro atoms. The first-order valence-corrected chi connectivity index (χ1v) is 8.59. The predicted molar refractivity (Wildman–Crippen MR) is 95.0 cm³/mol. The summed E-state index contributed by atoms with van der Waals surface area (Å²) in [6, 6.07) is 9.91. The van der Waals surface area contributed by atoms with Crippen LogP contribution in [-0.4, -0.2) is 20.5 Å². The van der Waals surface area contributed by atoms with Gasteiger partial charge in [-0.1, -0.05) is 22.0 Å². The highest BCUT2D eigenvalue weighted by Crippen LogP contribution is 2.34. The van der Waals surface area contributed by atoms with Gasteiger partial charge < -0.3 is 24.3 Å². The number of ether oxygens (including phenoxy) is 4. The normalized spacial score (nSPS) is 12.3. The molecule has 1 aliphatic heterocycles. The molecule has 3 rings (SSSR count). The van der Waals surface area contributed by atoms with Crippen LogP contribution in [0, 0.1) is 0 Å². The van der Waals surface area contributed by atoms with Crippen molar-refractivity contribution in [1.29, 1.82) is 0 Å². The van der Waals surface area contributed by atoms with Crippen LogP contribution in [0.2, 0.25) is 0 Å². The Kier molecular flexibility index (Phi) is 5.48. The summed E-state index contributed by atoms with van der Waals surface area (Å²) in [6.45, 7) is 4.30. The van der Waals surface area contributed by atoms with Crippen LogP contribution in [-0.2, 0) is 13.1 Å². The third-order valence-corrected chi connectivity index (χ3v) is 4.45. The van der Waals surface area contributed by atoms with Crippen molar-refractivity contribution in [1.82, 2.24) is 5.32 Å². The molecule has 0 aromatic heterocycles. The summed E-state index contributed by atoms with van der Waals surface area (Å²) in [5, 5.41) is 3.43. The zero-order chi connectivity index (χ0) is 16.9. The van der Waals surface area contributed by atoms with E-state index in [1.807, 2.05) is 37.3 Å². The number of fused-ring (bicyclic) bond motifs is 1. The van der Waals surface area contributed by atoms with Crippen molar-refractivity contribution in [2.45, 2.75) is 20.0 Å². The van der Waals surface area contributed by atoms with E-state index in [1.165, 1.54) is 0 Å². The SMILES string of the molecule is CCOc1cc(CNCc2ccc3c(c2)OCO3)c(Br)cc1OC. The maximum Gasteiger partial charge on any atom is 0.231 e. The Bertz CT molecular complexity index is 720. The van der Waals surface area contributed by atoms with E-state index >= 15 is 0 Å². The Hall–Kier alpha value is -1.92. The first-order chi connectivity index (χ1) is 11.7. The van der Waals surface area contributed by atoms with Gasteiger partial charge in [-0.05, 0) is 42.3 Å². The van der Waals surface area contributed by atoms with Gasteiger partial charge in [0, 0.05) is 17.6 Å². The summed E-state index contributed by atoms with van der Waals surface area (Å²) in [5.41, 5.74) is 2.26. The maximum atomic E-state index is 5.63. The van der Waals surface area contributed by atoms with Gasteiger partial charge in [-0.25, -0.2) is 0 Å². The minimum atomic E-state index is 0.297. The molecule has 0 radical (unpaired) electrons. The van der Waals surface area contributed by atoms with Gasteiger partial charge in [0.15, 0.2) is 23.0 Å². The number of methoxy groups -OCH3 is 1. The lowest BCUT2D eigenvalue weighted by molar-refractivity contribution is 0.174. The van der Waals surface area contributed by atoms with Crippen LogP contribution < -0.4 is 24.3 Å². The van der Waals surface area contributed by atoms with Gasteiger partial charge in [0.25, 0.3) is 0 Å². The number of rotatable bonds is 7. The van der Waals surface area contributed by atoms with Crippen LogP contribution in [0.3, 0.4) is 0 Å². The maximum absolute atomic E-state index is 5.63. The van der Waals surface area contributed by atoms with Crippen molar-refractivity contribution in [3.8, 4) is 23.0 Å². The van der Waals surface area contributed by atoms with Gasteiger partial charge in [-0.3, -0.25) is 0 Å².